The topological polar surface area (TPSA) is 105 Å². The zero-order valence-electron chi connectivity index (χ0n) is 38.8. The van der Waals surface area contributed by atoms with Crippen molar-refractivity contribution < 1.29 is 32.9 Å². The van der Waals surface area contributed by atoms with Gasteiger partial charge in [-0.1, -0.05) is 204 Å². The van der Waals surface area contributed by atoms with Gasteiger partial charge in [-0.25, -0.2) is 4.57 Å². The monoisotopic (exact) mass is 840 g/mol. The first-order valence-corrected chi connectivity index (χ1v) is 25.8. The molecular formula is C49H96N2O6P+. The third kappa shape index (κ3) is 42.8. The molecule has 0 aliphatic heterocycles. The molecule has 3 unspecified atom stereocenters. The van der Waals surface area contributed by atoms with Crippen LogP contribution in [0.3, 0.4) is 0 Å². The number of carbonyl (C=O) groups is 1. The summed E-state index contributed by atoms with van der Waals surface area (Å²) in [5.74, 6) is -0.154. The minimum Gasteiger partial charge on any atom is -0.391 e. The second kappa shape index (κ2) is 41.1. The SMILES string of the molecule is CC/C=C\C/C=C\C/C=C\CCCCCCCCCC(=O)NC(COP(=O)(O)OCC[N+](C)(C)C)C(O)CCCCCCCCCCCCCCCCCCCCC. The lowest BCUT2D eigenvalue weighted by molar-refractivity contribution is -0.870. The molecule has 0 fully saturated rings. The molecule has 0 saturated heterocycles. The first-order valence-electron chi connectivity index (χ1n) is 24.4. The highest BCUT2D eigenvalue weighted by atomic mass is 31.2. The van der Waals surface area contributed by atoms with Crippen LogP contribution in [0.15, 0.2) is 36.5 Å². The van der Waals surface area contributed by atoms with Gasteiger partial charge < -0.3 is 19.8 Å². The lowest BCUT2D eigenvalue weighted by Crippen LogP contribution is -2.46. The van der Waals surface area contributed by atoms with Crippen molar-refractivity contribution in [1.82, 2.24) is 5.32 Å². The number of amides is 1. The van der Waals surface area contributed by atoms with Crippen molar-refractivity contribution in [3.63, 3.8) is 0 Å². The van der Waals surface area contributed by atoms with Crippen molar-refractivity contribution in [1.29, 1.82) is 0 Å². The Morgan fingerprint density at radius 1 is 0.603 bits per heavy atom. The summed E-state index contributed by atoms with van der Waals surface area (Å²) in [6, 6.07) is -0.765. The Hall–Kier alpha value is -1.28. The smallest absolute Gasteiger partial charge is 0.391 e. The van der Waals surface area contributed by atoms with E-state index in [9.17, 15) is 19.4 Å². The number of aliphatic hydroxyl groups excluding tert-OH is 1. The van der Waals surface area contributed by atoms with Gasteiger partial charge in [-0.2, -0.15) is 0 Å². The molecule has 0 spiro atoms. The van der Waals surface area contributed by atoms with E-state index in [0.717, 1.165) is 64.2 Å². The van der Waals surface area contributed by atoms with E-state index in [0.29, 0.717) is 23.9 Å². The molecule has 0 aliphatic rings. The first-order chi connectivity index (χ1) is 28.0. The lowest BCUT2D eigenvalue weighted by Gasteiger charge is -2.26. The molecule has 8 nitrogen and oxygen atoms in total. The number of hydrogen-bond donors (Lipinski definition) is 3. The maximum atomic E-state index is 12.9. The zero-order valence-corrected chi connectivity index (χ0v) is 39.7. The van der Waals surface area contributed by atoms with Gasteiger partial charge in [-0.15, -0.1) is 0 Å². The minimum absolute atomic E-state index is 0.0721. The number of nitrogens with one attached hydrogen (secondary N) is 1. The van der Waals surface area contributed by atoms with Crippen LogP contribution in [0.2, 0.25) is 0 Å². The number of allylic oxidation sites excluding steroid dienone is 6. The van der Waals surface area contributed by atoms with Crippen molar-refractivity contribution in [2.24, 2.45) is 0 Å². The highest BCUT2D eigenvalue weighted by Gasteiger charge is 2.28. The molecule has 0 aromatic carbocycles. The summed E-state index contributed by atoms with van der Waals surface area (Å²) >= 11 is 0. The number of quaternary nitrogens is 1. The van der Waals surface area contributed by atoms with E-state index in [1.54, 1.807) is 0 Å². The molecule has 0 aliphatic carbocycles. The highest BCUT2D eigenvalue weighted by molar-refractivity contribution is 7.47. The van der Waals surface area contributed by atoms with E-state index in [1.165, 1.54) is 128 Å². The average molecular weight is 840 g/mol. The van der Waals surface area contributed by atoms with Crippen LogP contribution in [0.4, 0.5) is 0 Å². The number of rotatable bonds is 44. The van der Waals surface area contributed by atoms with Crippen LogP contribution < -0.4 is 5.32 Å². The van der Waals surface area contributed by atoms with E-state index >= 15 is 0 Å². The van der Waals surface area contributed by atoms with E-state index in [-0.39, 0.29) is 19.1 Å². The molecule has 0 saturated carbocycles. The molecule has 0 aromatic rings. The fourth-order valence-corrected chi connectivity index (χ4v) is 7.80. The Labute approximate surface area is 359 Å². The van der Waals surface area contributed by atoms with Crippen LogP contribution in [-0.2, 0) is 18.4 Å². The molecular weight excluding hydrogens is 744 g/mol. The van der Waals surface area contributed by atoms with Crippen LogP contribution in [0.5, 0.6) is 0 Å². The number of phosphoric ester groups is 1. The van der Waals surface area contributed by atoms with Gasteiger partial charge in [0.25, 0.3) is 0 Å². The maximum Gasteiger partial charge on any atom is 0.472 e. The van der Waals surface area contributed by atoms with Crippen molar-refractivity contribution in [2.45, 2.75) is 231 Å². The number of aliphatic hydroxyl groups is 1. The van der Waals surface area contributed by atoms with Gasteiger partial charge >= 0.3 is 7.82 Å². The fourth-order valence-electron chi connectivity index (χ4n) is 7.06. The Kier molecular flexibility index (Phi) is 40.2. The molecule has 342 valence electrons. The second-order valence-electron chi connectivity index (χ2n) is 17.8. The summed E-state index contributed by atoms with van der Waals surface area (Å²) in [5, 5.41) is 14.0. The lowest BCUT2D eigenvalue weighted by atomic mass is 10.0. The molecule has 3 atom stereocenters. The molecule has 0 heterocycles. The van der Waals surface area contributed by atoms with Gasteiger partial charge in [0.2, 0.25) is 5.91 Å². The maximum absolute atomic E-state index is 12.9. The van der Waals surface area contributed by atoms with Crippen molar-refractivity contribution in [2.75, 3.05) is 40.9 Å². The predicted octanol–water partition coefficient (Wildman–Crippen LogP) is 13.9. The Morgan fingerprint density at radius 2 is 1.03 bits per heavy atom. The molecule has 58 heavy (non-hydrogen) atoms. The Balaban J connectivity index is 4.31. The predicted molar refractivity (Wildman–Crippen MR) is 249 cm³/mol. The molecule has 3 N–H and O–H groups in total. The van der Waals surface area contributed by atoms with Crippen molar-refractivity contribution in [3.8, 4) is 0 Å². The summed E-state index contributed by atoms with van der Waals surface area (Å²) in [5.41, 5.74) is 0. The molecule has 0 radical (unpaired) electrons. The van der Waals surface area contributed by atoms with Crippen molar-refractivity contribution >= 4 is 13.7 Å². The zero-order chi connectivity index (χ0) is 42.8. The van der Waals surface area contributed by atoms with Gasteiger partial charge in [0.15, 0.2) is 0 Å². The molecule has 0 rings (SSSR count). The van der Waals surface area contributed by atoms with Gasteiger partial charge in [0.05, 0.1) is 39.9 Å². The number of phosphoric acid groups is 1. The Morgan fingerprint density at radius 3 is 1.52 bits per heavy atom. The number of carbonyl (C=O) groups excluding carboxylic acids is 1. The third-order valence-corrected chi connectivity index (χ3v) is 11.9. The Bertz CT molecular complexity index is 1040. The summed E-state index contributed by atoms with van der Waals surface area (Å²) in [6.07, 6.45) is 50.3. The fraction of sp³-hybridized carbons (Fsp3) is 0.857. The van der Waals surface area contributed by atoms with E-state index in [2.05, 4.69) is 55.6 Å². The minimum atomic E-state index is -4.32. The quantitative estimate of drug-likeness (QED) is 0.0244. The van der Waals surface area contributed by atoms with Crippen LogP contribution >= 0.6 is 7.82 Å². The van der Waals surface area contributed by atoms with Gasteiger partial charge in [-0.05, 0) is 44.9 Å². The molecule has 1 amide bonds. The van der Waals surface area contributed by atoms with Crippen LogP contribution in [0.25, 0.3) is 0 Å². The van der Waals surface area contributed by atoms with E-state index < -0.39 is 20.0 Å². The van der Waals surface area contributed by atoms with Crippen LogP contribution in [-0.4, -0.2) is 73.4 Å². The van der Waals surface area contributed by atoms with Crippen LogP contribution in [0, 0.1) is 0 Å². The van der Waals surface area contributed by atoms with Gasteiger partial charge in [0.1, 0.15) is 13.2 Å². The molecule has 0 aromatic heterocycles. The number of unbranched alkanes of at least 4 members (excludes halogenated alkanes) is 25. The average Bonchev–Trinajstić information content (AvgIpc) is 3.17. The molecule has 0 bridgehead atoms. The third-order valence-electron chi connectivity index (χ3n) is 10.9. The summed E-state index contributed by atoms with van der Waals surface area (Å²) in [7, 11) is 1.61. The van der Waals surface area contributed by atoms with Gasteiger partial charge in [0, 0.05) is 6.42 Å². The second-order valence-corrected chi connectivity index (χ2v) is 19.3. The number of hydrogen-bond acceptors (Lipinski definition) is 5. The first kappa shape index (κ1) is 56.7. The number of nitrogens with zero attached hydrogens (tertiary/aromatic N) is 1. The molecule has 9 heteroatoms. The number of likely N-dealkylation sites (N-methyl/N-ethyl adjacent to an activating group) is 1. The largest absolute Gasteiger partial charge is 0.472 e. The highest BCUT2D eigenvalue weighted by Crippen LogP contribution is 2.43. The van der Waals surface area contributed by atoms with E-state index in [1.807, 2.05) is 21.1 Å². The van der Waals surface area contributed by atoms with Gasteiger partial charge in [-0.3, -0.25) is 13.8 Å². The normalized spacial score (nSPS) is 14.5. The van der Waals surface area contributed by atoms with E-state index in [4.69, 9.17) is 9.05 Å². The summed E-state index contributed by atoms with van der Waals surface area (Å²) < 4.78 is 23.7. The van der Waals surface area contributed by atoms with Crippen LogP contribution in [0.1, 0.15) is 219 Å². The summed E-state index contributed by atoms with van der Waals surface area (Å²) in [6.45, 7) is 4.78. The standard InChI is InChI=1S/C49H95N2O6P/c1-6-8-10-12-14-16-18-20-22-24-25-27-28-30-32-34-36-38-40-42-48(52)47(46-57-58(54,55)56-45-44-51(3,4)5)50-49(53)43-41-39-37-35-33-31-29-26-23-21-19-17-15-13-11-9-7-2/h9,11,15,17,21,23,47-48,52H,6-8,10,12-14,16,18-20,22,24-46H2,1-5H3,(H-,50,53,54,55)/p+1/b11-9-,17-15-,23-21-. The summed E-state index contributed by atoms with van der Waals surface area (Å²) in [4.78, 5) is 23.2. The van der Waals surface area contributed by atoms with Crippen molar-refractivity contribution in [3.05, 3.63) is 36.5 Å².